The van der Waals surface area contributed by atoms with E-state index < -0.39 is 0 Å². The van der Waals surface area contributed by atoms with E-state index >= 15 is 0 Å². The summed E-state index contributed by atoms with van der Waals surface area (Å²) < 4.78 is 5.45. The molecule has 2 saturated carbocycles. The molecule has 1 amide bonds. The number of hydrogen-bond donors (Lipinski definition) is 1. The van der Waals surface area contributed by atoms with Gasteiger partial charge in [-0.05, 0) is 118 Å². The molecule has 1 N–H and O–H groups in total. The number of aryl methyl sites for hydroxylation is 2. The third-order valence-electron chi connectivity index (χ3n) is 8.58. The fraction of sp³-hybridized carbons (Fsp3) is 0.471. The van der Waals surface area contributed by atoms with E-state index in [1.54, 1.807) is 18.4 Å². The standard InChI is InChI=1S/C34H40N2O3S/c1-23-19-29(14-17-32(23)39-3)27-10-7-26(8-11-27)21-36(34(38)28-12-15-31(37)16-13-28)30-6-4-5-25(20-30)9-18-33-35-24(2)22-40-33/h4-6,14,17,19-20,22,26-28,31,37H,7-8,10-13,15-16,21H2,1-3H3. The maximum Gasteiger partial charge on any atom is 0.230 e. The SMILES string of the molecule is COc1ccc(C2CCC(CN(C(=O)C3CCC(O)CC3)c3cccc(C#Cc4nc(C)cs4)c3)CC2)cc1C. The highest BCUT2D eigenvalue weighted by molar-refractivity contribution is 7.10. The lowest BCUT2D eigenvalue weighted by atomic mass is 9.78. The second kappa shape index (κ2) is 13.0. The van der Waals surface area contributed by atoms with Crippen LogP contribution in [0.3, 0.4) is 0 Å². The van der Waals surface area contributed by atoms with Crippen LogP contribution in [0.1, 0.15) is 84.7 Å². The molecule has 0 aliphatic heterocycles. The summed E-state index contributed by atoms with van der Waals surface area (Å²) in [4.78, 5) is 20.4. The molecule has 210 valence electrons. The minimum absolute atomic E-state index is 0.0324. The minimum Gasteiger partial charge on any atom is -0.496 e. The first-order valence-corrected chi connectivity index (χ1v) is 15.5. The van der Waals surface area contributed by atoms with Gasteiger partial charge in [-0.3, -0.25) is 4.79 Å². The van der Waals surface area contributed by atoms with Gasteiger partial charge in [-0.1, -0.05) is 24.1 Å². The van der Waals surface area contributed by atoms with Crippen molar-refractivity contribution >= 4 is 22.9 Å². The molecule has 2 fully saturated rings. The molecule has 6 heteroatoms. The quantitative estimate of drug-likeness (QED) is 0.331. The second-order valence-electron chi connectivity index (χ2n) is 11.5. The number of anilines is 1. The van der Waals surface area contributed by atoms with Crippen LogP contribution in [0.2, 0.25) is 0 Å². The zero-order chi connectivity index (χ0) is 28.1. The molecule has 3 aromatic rings. The lowest BCUT2D eigenvalue weighted by molar-refractivity contribution is -0.124. The Morgan fingerprint density at radius 2 is 1.80 bits per heavy atom. The van der Waals surface area contributed by atoms with Crippen LogP contribution in [0.5, 0.6) is 5.75 Å². The molecule has 2 aliphatic carbocycles. The Morgan fingerprint density at radius 3 is 2.48 bits per heavy atom. The van der Waals surface area contributed by atoms with Crippen LogP contribution in [0.25, 0.3) is 0 Å². The molecule has 1 heterocycles. The van der Waals surface area contributed by atoms with Gasteiger partial charge < -0.3 is 14.7 Å². The van der Waals surface area contributed by atoms with E-state index in [-0.39, 0.29) is 17.9 Å². The molecule has 5 nitrogen and oxygen atoms in total. The van der Waals surface area contributed by atoms with Crippen molar-refractivity contribution in [1.82, 2.24) is 4.98 Å². The first-order chi connectivity index (χ1) is 19.4. The predicted octanol–water partition coefficient (Wildman–Crippen LogP) is 7.03. The Hall–Kier alpha value is -3.14. The van der Waals surface area contributed by atoms with E-state index in [0.717, 1.165) is 72.8 Å². The Bertz CT molecular complexity index is 1370. The lowest BCUT2D eigenvalue weighted by Gasteiger charge is -2.36. The van der Waals surface area contributed by atoms with Gasteiger partial charge in [-0.2, -0.15) is 0 Å². The smallest absolute Gasteiger partial charge is 0.230 e. The monoisotopic (exact) mass is 556 g/mol. The molecule has 0 radical (unpaired) electrons. The zero-order valence-electron chi connectivity index (χ0n) is 23.9. The normalized spacial score (nSPS) is 22.7. The maximum absolute atomic E-state index is 13.9. The van der Waals surface area contributed by atoms with Gasteiger partial charge in [0.25, 0.3) is 0 Å². The summed E-state index contributed by atoms with van der Waals surface area (Å²) in [7, 11) is 1.72. The van der Waals surface area contributed by atoms with Crippen LogP contribution in [0.4, 0.5) is 5.69 Å². The number of nitrogens with zero attached hydrogens (tertiary/aromatic N) is 2. The number of aromatic nitrogens is 1. The van der Waals surface area contributed by atoms with Crippen LogP contribution < -0.4 is 9.64 Å². The minimum atomic E-state index is -0.275. The lowest BCUT2D eigenvalue weighted by Crippen LogP contribution is -2.41. The second-order valence-corrected chi connectivity index (χ2v) is 12.4. The van der Waals surface area contributed by atoms with E-state index in [9.17, 15) is 9.90 Å². The van der Waals surface area contributed by atoms with Crippen molar-refractivity contribution in [2.24, 2.45) is 11.8 Å². The molecular weight excluding hydrogens is 516 g/mol. The number of carbonyl (C=O) groups excluding carboxylic acids is 1. The van der Waals surface area contributed by atoms with Gasteiger partial charge >= 0.3 is 0 Å². The number of thiazole rings is 1. The molecule has 0 saturated heterocycles. The Kier molecular flexibility index (Phi) is 9.24. The molecule has 40 heavy (non-hydrogen) atoms. The fourth-order valence-electron chi connectivity index (χ4n) is 6.25. The number of methoxy groups -OCH3 is 1. The summed E-state index contributed by atoms with van der Waals surface area (Å²) in [6, 6.07) is 14.7. The van der Waals surface area contributed by atoms with E-state index in [1.807, 2.05) is 35.4 Å². The summed E-state index contributed by atoms with van der Waals surface area (Å²) >= 11 is 1.55. The molecule has 2 aromatic carbocycles. The molecule has 1 aromatic heterocycles. The number of rotatable bonds is 6. The van der Waals surface area contributed by atoms with Gasteiger partial charge in [0.05, 0.1) is 13.2 Å². The van der Waals surface area contributed by atoms with Crippen molar-refractivity contribution in [3.63, 3.8) is 0 Å². The summed E-state index contributed by atoms with van der Waals surface area (Å²) in [6.45, 7) is 4.81. The van der Waals surface area contributed by atoms with E-state index in [2.05, 4.69) is 48.0 Å². The molecule has 0 atom stereocenters. The first-order valence-electron chi connectivity index (χ1n) is 14.6. The average Bonchev–Trinajstić information content (AvgIpc) is 3.40. The Morgan fingerprint density at radius 1 is 1.02 bits per heavy atom. The van der Waals surface area contributed by atoms with Crippen molar-refractivity contribution < 1.29 is 14.6 Å². The van der Waals surface area contributed by atoms with Crippen LogP contribution >= 0.6 is 11.3 Å². The number of hydrogen-bond acceptors (Lipinski definition) is 5. The Balaban J connectivity index is 1.32. The number of amides is 1. The number of aliphatic hydroxyl groups excluding tert-OH is 1. The third kappa shape index (κ3) is 6.95. The van der Waals surface area contributed by atoms with Crippen LogP contribution in [0.15, 0.2) is 47.8 Å². The largest absolute Gasteiger partial charge is 0.496 e. The highest BCUT2D eigenvalue weighted by Crippen LogP contribution is 2.38. The van der Waals surface area contributed by atoms with E-state index in [4.69, 9.17) is 4.74 Å². The summed E-state index contributed by atoms with van der Waals surface area (Å²) in [6.07, 6.45) is 7.11. The van der Waals surface area contributed by atoms with Gasteiger partial charge in [-0.25, -0.2) is 4.98 Å². The summed E-state index contributed by atoms with van der Waals surface area (Å²) in [5, 5.41) is 12.8. The van der Waals surface area contributed by atoms with Gasteiger partial charge in [0.2, 0.25) is 5.91 Å². The van der Waals surface area contributed by atoms with Gasteiger partial charge in [-0.15, -0.1) is 11.3 Å². The van der Waals surface area contributed by atoms with Gasteiger partial charge in [0, 0.05) is 34.8 Å². The topological polar surface area (TPSA) is 62.7 Å². The average molecular weight is 557 g/mol. The summed E-state index contributed by atoms with van der Waals surface area (Å²) in [5.41, 5.74) is 5.37. The van der Waals surface area contributed by atoms with Crippen molar-refractivity contribution in [1.29, 1.82) is 0 Å². The third-order valence-corrected chi connectivity index (χ3v) is 9.46. The van der Waals surface area contributed by atoms with Gasteiger partial charge in [0.1, 0.15) is 5.75 Å². The van der Waals surface area contributed by atoms with Crippen LogP contribution in [-0.4, -0.2) is 35.8 Å². The zero-order valence-corrected chi connectivity index (χ0v) is 24.7. The van der Waals surface area contributed by atoms with Crippen LogP contribution in [0, 0.1) is 37.5 Å². The summed E-state index contributed by atoms with van der Waals surface area (Å²) in [5.74, 6) is 8.55. The highest BCUT2D eigenvalue weighted by Gasteiger charge is 2.32. The maximum atomic E-state index is 13.9. The van der Waals surface area contributed by atoms with Crippen molar-refractivity contribution in [2.75, 3.05) is 18.6 Å². The molecule has 5 rings (SSSR count). The molecule has 0 spiro atoms. The highest BCUT2D eigenvalue weighted by atomic mass is 32.1. The Labute approximate surface area is 242 Å². The molecule has 2 aliphatic rings. The number of benzene rings is 2. The van der Waals surface area contributed by atoms with E-state index in [1.165, 1.54) is 11.1 Å². The number of carbonyl (C=O) groups is 1. The van der Waals surface area contributed by atoms with Crippen molar-refractivity contribution in [2.45, 2.75) is 77.2 Å². The molecule has 0 bridgehead atoms. The van der Waals surface area contributed by atoms with Crippen molar-refractivity contribution in [3.8, 4) is 17.6 Å². The first kappa shape index (κ1) is 28.4. The molecule has 0 unspecified atom stereocenters. The van der Waals surface area contributed by atoms with Crippen LogP contribution in [-0.2, 0) is 4.79 Å². The number of ether oxygens (including phenoxy) is 1. The predicted molar refractivity (Wildman–Crippen MR) is 162 cm³/mol. The van der Waals surface area contributed by atoms with E-state index in [0.29, 0.717) is 24.7 Å². The molecular formula is C34H40N2O3S. The van der Waals surface area contributed by atoms with Gasteiger partial charge in [0.15, 0.2) is 5.01 Å². The van der Waals surface area contributed by atoms with Crippen molar-refractivity contribution in [3.05, 3.63) is 75.2 Å². The fourth-order valence-corrected chi connectivity index (χ4v) is 6.89. The number of aliphatic hydroxyl groups is 1.